The van der Waals surface area contributed by atoms with Crippen LogP contribution < -0.4 is 0 Å². The van der Waals surface area contributed by atoms with Crippen LogP contribution in [0.15, 0.2) is 60.7 Å². The fourth-order valence-corrected chi connectivity index (χ4v) is 2.63. The predicted molar refractivity (Wildman–Crippen MR) is 84.7 cm³/mol. The van der Waals surface area contributed by atoms with Gasteiger partial charge in [0.05, 0.1) is 0 Å². The minimum absolute atomic E-state index is 0.0895. The first-order valence-corrected chi connectivity index (χ1v) is 7.14. The molecule has 0 aliphatic carbocycles. The van der Waals surface area contributed by atoms with Crippen molar-refractivity contribution >= 4 is 17.3 Å². The molecule has 0 bridgehead atoms. The Hall–Kier alpha value is -2.55. The average Bonchev–Trinajstić information content (AvgIpc) is 2.53. The third-order valence-electron chi connectivity index (χ3n) is 3.94. The minimum Gasteiger partial charge on any atom is -0.298 e. The molecular weight excluding hydrogens is 276 g/mol. The molecule has 0 radical (unpaired) electrons. The molecule has 0 unspecified atom stereocenters. The summed E-state index contributed by atoms with van der Waals surface area (Å²) in [6, 6.07) is 17.6. The van der Waals surface area contributed by atoms with Crippen LogP contribution in [0.3, 0.4) is 0 Å². The van der Waals surface area contributed by atoms with E-state index in [4.69, 9.17) is 0 Å². The van der Waals surface area contributed by atoms with Crippen LogP contribution in [-0.2, 0) is 16.0 Å². The molecule has 0 fully saturated rings. The second kappa shape index (κ2) is 6.48. The summed E-state index contributed by atoms with van der Waals surface area (Å²) in [7, 11) is 0. The van der Waals surface area contributed by atoms with E-state index in [1.165, 1.54) is 13.8 Å². The quantitative estimate of drug-likeness (QED) is 0.607. The molecule has 0 saturated heterocycles. The summed E-state index contributed by atoms with van der Waals surface area (Å²) in [5.74, 6) is -1.27. The summed E-state index contributed by atoms with van der Waals surface area (Å²) in [6.45, 7) is 2.62. The molecule has 3 nitrogen and oxygen atoms in total. The van der Waals surface area contributed by atoms with Crippen LogP contribution in [0.4, 0.5) is 0 Å². The van der Waals surface area contributed by atoms with Crippen LogP contribution in [0.1, 0.15) is 29.8 Å². The van der Waals surface area contributed by atoms with Crippen molar-refractivity contribution < 1.29 is 14.4 Å². The monoisotopic (exact) mass is 294 g/mol. The topological polar surface area (TPSA) is 51.2 Å². The van der Waals surface area contributed by atoms with Crippen LogP contribution >= 0.6 is 0 Å². The van der Waals surface area contributed by atoms with E-state index in [1.54, 1.807) is 30.3 Å². The van der Waals surface area contributed by atoms with Crippen LogP contribution in [0, 0.1) is 5.41 Å². The number of rotatable bonds is 6. The zero-order valence-corrected chi connectivity index (χ0v) is 12.7. The highest BCUT2D eigenvalue weighted by molar-refractivity contribution is 6.28. The second-order valence-corrected chi connectivity index (χ2v) is 5.38. The maximum Gasteiger partial charge on any atom is 0.184 e. The van der Waals surface area contributed by atoms with Gasteiger partial charge in [-0.3, -0.25) is 14.4 Å². The molecule has 2 aromatic rings. The summed E-state index contributed by atoms with van der Waals surface area (Å²) in [6.07, 6.45) is 0.0895. The Kier molecular flexibility index (Phi) is 4.66. The lowest BCUT2D eigenvalue weighted by Gasteiger charge is -2.27. The number of ketones is 3. The normalized spacial score (nSPS) is 11.0. The molecule has 0 amide bonds. The summed E-state index contributed by atoms with van der Waals surface area (Å²) in [5, 5.41) is 0. The molecule has 0 aliphatic heterocycles. The minimum atomic E-state index is -1.65. The number of hydrogen-bond donors (Lipinski definition) is 0. The smallest absolute Gasteiger partial charge is 0.184 e. The second-order valence-electron chi connectivity index (χ2n) is 5.38. The summed E-state index contributed by atoms with van der Waals surface area (Å²) in [4.78, 5) is 37.5. The van der Waals surface area contributed by atoms with Crippen molar-refractivity contribution in [2.75, 3.05) is 0 Å². The summed E-state index contributed by atoms with van der Waals surface area (Å²) < 4.78 is 0. The molecule has 112 valence electrons. The Labute approximate surface area is 130 Å². The molecule has 0 aliphatic rings. The van der Waals surface area contributed by atoms with Gasteiger partial charge >= 0.3 is 0 Å². The first-order valence-electron chi connectivity index (χ1n) is 7.14. The van der Waals surface area contributed by atoms with Crippen LogP contribution in [0.2, 0.25) is 0 Å². The lowest BCUT2D eigenvalue weighted by Crippen LogP contribution is -2.46. The Morgan fingerprint density at radius 3 is 1.68 bits per heavy atom. The van der Waals surface area contributed by atoms with Crippen LogP contribution in [-0.4, -0.2) is 17.3 Å². The van der Waals surface area contributed by atoms with E-state index >= 15 is 0 Å². The van der Waals surface area contributed by atoms with Gasteiger partial charge in [0.15, 0.2) is 22.8 Å². The van der Waals surface area contributed by atoms with Crippen molar-refractivity contribution in [3.63, 3.8) is 0 Å². The maximum absolute atomic E-state index is 12.9. The molecule has 2 aromatic carbocycles. The van der Waals surface area contributed by atoms with E-state index in [9.17, 15) is 14.4 Å². The molecule has 0 heterocycles. The first kappa shape index (κ1) is 15.8. The van der Waals surface area contributed by atoms with Gasteiger partial charge in [-0.2, -0.15) is 0 Å². The zero-order chi connectivity index (χ0) is 16.2. The number of carbonyl (C=O) groups excluding carboxylic acids is 3. The lowest BCUT2D eigenvalue weighted by atomic mass is 9.70. The standard InChI is InChI=1S/C19H18O3/c1-14(20)19(15(2)21,13-16-9-5-3-6-10-16)18(22)17-11-7-4-8-12-17/h3-12H,13H2,1-2H3. The van der Waals surface area contributed by atoms with Crippen LogP contribution in [0.25, 0.3) is 0 Å². The highest BCUT2D eigenvalue weighted by Gasteiger charge is 2.47. The molecule has 0 saturated carbocycles. The van der Waals surface area contributed by atoms with Crippen molar-refractivity contribution in [2.24, 2.45) is 5.41 Å². The average molecular weight is 294 g/mol. The summed E-state index contributed by atoms with van der Waals surface area (Å²) in [5.41, 5.74) is -0.482. The third-order valence-corrected chi connectivity index (χ3v) is 3.94. The number of Topliss-reactive ketones (excluding diaryl/α,β-unsaturated/α-hetero) is 3. The summed E-state index contributed by atoms with van der Waals surface area (Å²) >= 11 is 0. The van der Waals surface area contributed by atoms with Gasteiger partial charge in [-0.25, -0.2) is 0 Å². The van der Waals surface area contributed by atoms with Gasteiger partial charge in [-0.05, 0) is 25.8 Å². The Morgan fingerprint density at radius 2 is 1.23 bits per heavy atom. The Morgan fingerprint density at radius 1 is 0.773 bits per heavy atom. The van der Waals surface area contributed by atoms with Gasteiger partial charge < -0.3 is 0 Å². The molecule has 3 heteroatoms. The highest BCUT2D eigenvalue weighted by Crippen LogP contribution is 2.30. The van der Waals surface area contributed by atoms with Gasteiger partial charge in [0, 0.05) is 5.56 Å². The van der Waals surface area contributed by atoms with Gasteiger partial charge in [0.25, 0.3) is 0 Å². The highest BCUT2D eigenvalue weighted by atomic mass is 16.2. The van der Waals surface area contributed by atoms with Crippen LogP contribution in [0.5, 0.6) is 0 Å². The van der Waals surface area contributed by atoms with Crippen molar-refractivity contribution in [1.82, 2.24) is 0 Å². The molecular formula is C19H18O3. The van der Waals surface area contributed by atoms with Crippen molar-refractivity contribution in [3.8, 4) is 0 Å². The first-order chi connectivity index (χ1) is 10.5. The molecule has 0 N–H and O–H groups in total. The van der Waals surface area contributed by atoms with E-state index in [0.717, 1.165) is 5.56 Å². The molecule has 0 spiro atoms. The van der Waals surface area contributed by atoms with E-state index < -0.39 is 22.8 Å². The third kappa shape index (κ3) is 2.89. The van der Waals surface area contributed by atoms with E-state index in [1.807, 2.05) is 30.3 Å². The maximum atomic E-state index is 12.9. The lowest BCUT2D eigenvalue weighted by molar-refractivity contribution is -0.135. The van der Waals surface area contributed by atoms with Crippen molar-refractivity contribution in [3.05, 3.63) is 71.8 Å². The molecule has 22 heavy (non-hydrogen) atoms. The van der Waals surface area contributed by atoms with E-state index in [2.05, 4.69) is 0 Å². The molecule has 0 atom stereocenters. The van der Waals surface area contributed by atoms with Gasteiger partial charge in [0.2, 0.25) is 0 Å². The Bertz CT molecular complexity index is 673. The predicted octanol–water partition coefficient (Wildman–Crippen LogP) is 3.28. The SMILES string of the molecule is CC(=O)C(Cc1ccccc1)(C(C)=O)C(=O)c1ccccc1. The largest absolute Gasteiger partial charge is 0.298 e. The van der Waals surface area contributed by atoms with Gasteiger partial charge in [0.1, 0.15) is 0 Å². The molecule has 2 rings (SSSR count). The number of carbonyl (C=O) groups is 3. The molecule has 0 aromatic heterocycles. The fourth-order valence-electron chi connectivity index (χ4n) is 2.63. The van der Waals surface area contributed by atoms with E-state index in [-0.39, 0.29) is 6.42 Å². The zero-order valence-electron chi connectivity index (χ0n) is 12.7. The number of benzene rings is 2. The van der Waals surface area contributed by atoms with Crippen molar-refractivity contribution in [2.45, 2.75) is 20.3 Å². The van der Waals surface area contributed by atoms with Gasteiger partial charge in [-0.1, -0.05) is 60.7 Å². The Balaban J connectivity index is 2.53. The fraction of sp³-hybridized carbons (Fsp3) is 0.211. The van der Waals surface area contributed by atoms with Crippen molar-refractivity contribution in [1.29, 1.82) is 0 Å². The van der Waals surface area contributed by atoms with E-state index in [0.29, 0.717) is 5.56 Å². The number of hydrogen-bond acceptors (Lipinski definition) is 3. The van der Waals surface area contributed by atoms with Gasteiger partial charge in [-0.15, -0.1) is 0 Å².